The number of anilines is 2. The number of nitrogens with zero attached hydrogens (tertiary/aromatic N) is 4. The minimum Gasteiger partial charge on any atom is -0.344 e. The van der Waals surface area contributed by atoms with Crippen molar-refractivity contribution in [2.24, 2.45) is 5.10 Å². The molecule has 0 saturated carbocycles. The number of benzene rings is 1. The zero-order valence-electron chi connectivity index (χ0n) is 14.9. The van der Waals surface area contributed by atoms with Gasteiger partial charge in [-0.1, -0.05) is 17.7 Å². The summed E-state index contributed by atoms with van der Waals surface area (Å²) in [5.41, 5.74) is 1.10. The molecule has 0 unspecified atom stereocenters. The molecule has 3 aromatic rings. The summed E-state index contributed by atoms with van der Waals surface area (Å²) in [5.74, 6) is -0.722. The maximum atomic E-state index is 13.0. The molecule has 0 bridgehead atoms. The van der Waals surface area contributed by atoms with E-state index in [0.29, 0.717) is 16.4 Å². The van der Waals surface area contributed by atoms with Gasteiger partial charge in [0.1, 0.15) is 4.90 Å². The first-order valence-electron chi connectivity index (χ1n) is 8.49. The number of rotatable bonds is 4. The van der Waals surface area contributed by atoms with Crippen molar-refractivity contribution in [3.8, 4) is 0 Å². The van der Waals surface area contributed by atoms with Crippen LogP contribution in [0.3, 0.4) is 0 Å². The van der Waals surface area contributed by atoms with E-state index < -0.39 is 20.8 Å². The van der Waals surface area contributed by atoms with Crippen LogP contribution in [0.15, 0.2) is 77.0 Å². The van der Waals surface area contributed by atoms with E-state index in [1.807, 2.05) is 0 Å². The second-order valence-corrected chi connectivity index (χ2v) is 8.30. The van der Waals surface area contributed by atoms with Crippen LogP contribution in [0.25, 0.3) is 0 Å². The van der Waals surface area contributed by atoms with Crippen LogP contribution in [-0.4, -0.2) is 29.3 Å². The van der Waals surface area contributed by atoms with Crippen LogP contribution in [-0.2, 0) is 21.2 Å². The average molecular weight is 428 g/mol. The standard InChI is InChI=1S/C19H14ClN5O3S/c20-13-6-8-15(9-7-13)25-17-16(5-3-11-22-17)29(27,28)19(24-25)18(26)23-12-14-4-1-2-10-21-14/h1-11H,12H2,(H,23,26). The van der Waals surface area contributed by atoms with E-state index in [1.54, 1.807) is 48.7 Å². The maximum Gasteiger partial charge on any atom is 0.284 e. The van der Waals surface area contributed by atoms with Gasteiger partial charge in [0, 0.05) is 17.4 Å². The first kappa shape index (κ1) is 19.0. The zero-order chi connectivity index (χ0) is 20.4. The Balaban J connectivity index is 1.73. The summed E-state index contributed by atoms with van der Waals surface area (Å²) in [4.78, 5) is 20.9. The molecule has 1 aliphatic heterocycles. The number of hydrazone groups is 1. The molecule has 0 fully saturated rings. The number of hydrogen-bond donors (Lipinski definition) is 1. The number of sulfone groups is 1. The van der Waals surface area contributed by atoms with Gasteiger partial charge in [0.05, 0.1) is 17.9 Å². The van der Waals surface area contributed by atoms with E-state index in [-0.39, 0.29) is 17.3 Å². The lowest BCUT2D eigenvalue weighted by Crippen LogP contribution is -2.40. The summed E-state index contributed by atoms with van der Waals surface area (Å²) in [6.45, 7) is 0.0645. The summed E-state index contributed by atoms with van der Waals surface area (Å²) >= 11 is 5.94. The molecule has 1 N–H and O–H groups in total. The molecule has 3 heterocycles. The van der Waals surface area contributed by atoms with Gasteiger partial charge in [-0.05, 0) is 48.5 Å². The van der Waals surface area contributed by atoms with Crippen molar-refractivity contribution >= 4 is 43.9 Å². The number of carbonyl (C=O) groups is 1. The number of fused-ring (bicyclic) bond motifs is 1. The number of halogens is 1. The molecule has 0 saturated heterocycles. The fraction of sp³-hybridized carbons (Fsp3) is 0.0526. The molecule has 4 rings (SSSR count). The quantitative estimate of drug-likeness (QED) is 0.686. The van der Waals surface area contributed by atoms with E-state index in [1.165, 1.54) is 23.3 Å². The summed E-state index contributed by atoms with van der Waals surface area (Å²) < 4.78 is 26.0. The third-order valence-corrected chi connectivity index (χ3v) is 6.03. The first-order chi connectivity index (χ1) is 14.0. The molecule has 1 amide bonds. The lowest BCUT2D eigenvalue weighted by Gasteiger charge is -2.25. The topological polar surface area (TPSA) is 105 Å². The minimum absolute atomic E-state index is 0.0645. The van der Waals surface area contributed by atoms with Gasteiger partial charge in [-0.3, -0.25) is 9.78 Å². The largest absolute Gasteiger partial charge is 0.344 e. The van der Waals surface area contributed by atoms with Crippen molar-refractivity contribution in [2.45, 2.75) is 11.4 Å². The summed E-state index contributed by atoms with van der Waals surface area (Å²) in [7, 11) is -4.15. The van der Waals surface area contributed by atoms with Crippen molar-refractivity contribution in [3.05, 3.63) is 77.7 Å². The van der Waals surface area contributed by atoms with Crippen molar-refractivity contribution in [3.63, 3.8) is 0 Å². The highest BCUT2D eigenvalue weighted by molar-refractivity contribution is 8.08. The van der Waals surface area contributed by atoms with E-state index in [2.05, 4.69) is 20.4 Å². The lowest BCUT2D eigenvalue weighted by molar-refractivity contribution is -0.114. The van der Waals surface area contributed by atoms with Gasteiger partial charge in [0.15, 0.2) is 5.82 Å². The number of nitrogens with one attached hydrogen (secondary N) is 1. The molecular formula is C19H14ClN5O3S. The Kier molecular flexibility index (Phi) is 4.99. The Morgan fingerprint density at radius 2 is 1.76 bits per heavy atom. The number of aromatic nitrogens is 2. The lowest BCUT2D eigenvalue weighted by atomic mass is 10.3. The SMILES string of the molecule is O=C(NCc1ccccn1)C1=NN(c2ccc(Cl)cc2)c2ncccc2S1(=O)=O. The van der Waals surface area contributed by atoms with Gasteiger partial charge in [-0.25, -0.2) is 18.4 Å². The Hall–Kier alpha value is -3.30. The third kappa shape index (κ3) is 3.69. The van der Waals surface area contributed by atoms with Gasteiger partial charge in [0.25, 0.3) is 5.91 Å². The highest BCUT2D eigenvalue weighted by Crippen LogP contribution is 2.35. The molecule has 8 nitrogen and oxygen atoms in total. The molecule has 1 aromatic carbocycles. The van der Waals surface area contributed by atoms with Crippen LogP contribution in [0.1, 0.15) is 5.69 Å². The molecule has 0 radical (unpaired) electrons. The van der Waals surface area contributed by atoms with Crippen molar-refractivity contribution < 1.29 is 13.2 Å². The van der Waals surface area contributed by atoms with Gasteiger partial charge in [0.2, 0.25) is 14.9 Å². The summed E-state index contributed by atoms with van der Waals surface area (Å²) in [5, 5.41) is 7.87. The molecule has 146 valence electrons. The Morgan fingerprint density at radius 3 is 2.48 bits per heavy atom. The smallest absolute Gasteiger partial charge is 0.284 e. The van der Waals surface area contributed by atoms with E-state index in [0.717, 1.165) is 0 Å². The predicted octanol–water partition coefficient (Wildman–Crippen LogP) is 2.69. The van der Waals surface area contributed by atoms with Crippen LogP contribution in [0.2, 0.25) is 5.02 Å². The van der Waals surface area contributed by atoms with Gasteiger partial charge >= 0.3 is 0 Å². The molecular weight excluding hydrogens is 414 g/mol. The predicted molar refractivity (Wildman–Crippen MR) is 109 cm³/mol. The Labute approximate surface area is 171 Å². The number of amides is 1. The Morgan fingerprint density at radius 1 is 1.00 bits per heavy atom. The van der Waals surface area contributed by atoms with Gasteiger partial charge < -0.3 is 5.32 Å². The second kappa shape index (κ2) is 7.61. The zero-order valence-corrected chi connectivity index (χ0v) is 16.4. The Bertz CT molecular complexity index is 1200. The molecule has 1 aliphatic rings. The molecule has 29 heavy (non-hydrogen) atoms. The van der Waals surface area contributed by atoms with E-state index in [4.69, 9.17) is 11.6 Å². The fourth-order valence-electron chi connectivity index (χ4n) is 2.73. The highest BCUT2D eigenvalue weighted by atomic mass is 35.5. The monoisotopic (exact) mass is 427 g/mol. The maximum absolute atomic E-state index is 13.0. The number of pyridine rings is 2. The molecule has 2 aromatic heterocycles. The number of hydrogen-bond acceptors (Lipinski definition) is 7. The van der Waals surface area contributed by atoms with Crippen molar-refractivity contribution in [2.75, 3.05) is 5.01 Å². The van der Waals surface area contributed by atoms with E-state index >= 15 is 0 Å². The molecule has 0 spiro atoms. The van der Waals surface area contributed by atoms with Crippen LogP contribution in [0.5, 0.6) is 0 Å². The average Bonchev–Trinajstić information content (AvgIpc) is 2.74. The first-order valence-corrected chi connectivity index (χ1v) is 10.4. The van der Waals surface area contributed by atoms with Gasteiger partial charge in [-0.2, -0.15) is 0 Å². The minimum atomic E-state index is -4.15. The normalized spacial score (nSPS) is 14.7. The third-order valence-electron chi connectivity index (χ3n) is 4.11. The second-order valence-electron chi connectivity index (χ2n) is 6.03. The van der Waals surface area contributed by atoms with Gasteiger partial charge in [-0.15, -0.1) is 5.10 Å². The molecule has 10 heteroatoms. The molecule has 0 aliphatic carbocycles. The summed E-state index contributed by atoms with van der Waals surface area (Å²) in [6.07, 6.45) is 3.04. The van der Waals surface area contributed by atoms with Crippen molar-refractivity contribution in [1.29, 1.82) is 0 Å². The summed E-state index contributed by atoms with van der Waals surface area (Å²) in [6, 6.07) is 14.7. The van der Waals surface area contributed by atoms with E-state index in [9.17, 15) is 13.2 Å². The van der Waals surface area contributed by atoms with Crippen LogP contribution >= 0.6 is 11.6 Å². The molecule has 0 atom stereocenters. The van der Waals surface area contributed by atoms with Crippen LogP contribution in [0.4, 0.5) is 11.5 Å². The number of carbonyl (C=O) groups excluding carboxylic acids is 1. The fourth-order valence-corrected chi connectivity index (χ4v) is 4.20. The van der Waals surface area contributed by atoms with Crippen LogP contribution in [0, 0.1) is 0 Å². The van der Waals surface area contributed by atoms with Crippen molar-refractivity contribution in [1.82, 2.24) is 15.3 Å². The van der Waals surface area contributed by atoms with Crippen LogP contribution < -0.4 is 10.3 Å². The highest BCUT2D eigenvalue weighted by Gasteiger charge is 2.38.